The van der Waals surface area contributed by atoms with E-state index in [0.717, 1.165) is 11.3 Å². The molecule has 0 aliphatic rings. The molecule has 0 saturated carbocycles. The maximum Gasteiger partial charge on any atom is 0.261 e. The Morgan fingerprint density at radius 2 is 1.92 bits per heavy atom. The van der Waals surface area contributed by atoms with Gasteiger partial charge < -0.3 is 10.3 Å². The number of imidazole rings is 1. The largest absolute Gasteiger partial charge is 0.366 e. The molecule has 8 heteroatoms. The number of para-hydroxylation sites is 1. The summed E-state index contributed by atoms with van der Waals surface area (Å²) in [6.45, 7) is 1.84. The predicted octanol–water partition coefficient (Wildman–Crippen LogP) is 1.78. The van der Waals surface area contributed by atoms with Gasteiger partial charge in [-0.1, -0.05) is 12.1 Å². The van der Waals surface area contributed by atoms with Crippen molar-refractivity contribution in [3.63, 3.8) is 0 Å². The summed E-state index contributed by atoms with van der Waals surface area (Å²) in [4.78, 5) is 15.8. The van der Waals surface area contributed by atoms with Crippen LogP contribution in [0.15, 0.2) is 47.4 Å². The van der Waals surface area contributed by atoms with Crippen LogP contribution in [0, 0.1) is 6.92 Å². The number of hydrogen-bond donors (Lipinski definition) is 2. The summed E-state index contributed by atoms with van der Waals surface area (Å²) in [6, 6.07) is 10.9. The molecule has 3 aromatic rings. The number of hydrogen-bond acceptors (Lipinski definition) is 4. The Balaban J connectivity index is 2.04. The Hall–Kier alpha value is -2.87. The number of amides is 1. The first-order valence-electron chi connectivity index (χ1n) is 7.14. The Labute approximate surface area is 139 Å². The van der Waals surface area contributed by atoms with E-state index < -0.39 is 15.9 Å². The minimum absolute atomic E-state index is 0.0624. The molecule has 0 atom stereocenters. The number of rotatable bonds is 4. The first-order chi connectivity index (χ1) is 11.3. The normalized spacial score (nSPS) is 11.6. The Morgan fingerprint density at radius 3 is 2.62 bits per heavy atom. The third kappa shape index (κ3) is 2.71. The van der Waals surface area contributed by atoms with Crippen molar-refractivity contribution in [2.75, 3.05) is 4.72 Å². The molecular weight excluding hydrogens is 328 g/mol. The predicted molar refractivity (Wildman–Crippen MR) is 91.2 cm³/mol. The van der Waals surface area contributed by atoms with Crippen molar-refractivity contribution in [2.45, 2.75) is 11.8 Å². The quantitative estimate of drug-likeness (QED) is 0.752. The number of primary amides is 1. The monoisotopic (exact) mass is 344 g/mol. The second-order valence-electron chi connectivity index (χ2n) is 5.38. The van der Waals surface area contributed by atoms with Gasteiger partial charge in [0, 0.05) is 7.05 Å². The average molecular weight is 344 g/mol. The number of aromatic nitrogens is 2. The fourth-order valence-corrected chi connectivity index (χ4v) is 3.56. The molecule has 24 heavy (non-hydrogen) atoms. The topological polar surface area (TPSA) is 107 Å². The molecule has 0 bridgehead atoms. The minimum Gasteiger partial charge on any atom is -0.366 e. The summed E-state index contributed by atoms with van der Waals surface area (Å²) in [6.07, 6.45) is 0. The van der Waals surface area contributed by atoms with Gasteiger partial charge in [0.05, 0.1) is 27.2 Å². The molecule has 1 aromatic heterocycles. The maximum absolute atomic E-state index is 12.6. The molecule has 0 saturated heterocycles. The molecule has 0 aliphatic carbocycles. The number of nitrogens with zero attached hydrogens (tertiary/aromatic N) is 2. The molecule has 0 spiro atoms. The van der Waals surface area contributed by atoms with E-state index in [0.29, 0.717) is 5.52 Å². The highest BCUT2D eigenvalue weighted by Crippen LogP contribution is 2.23. The van der Waals surface area contributed by atoms with Crippen LogP contribution >= 0.6 is 0 Å². The van der Waals surface area contributed by atoms with Gasteiger partial charge in [0.2, 0.25) is 0 Å². The zero-order chi connectivity index (χ0) is 17.5. The molecule has 7 nitrogen and oxygen atoms in total. The highest BCUT2D eigenvalue weighted by molar-refractivity contribution is 7.92. The standard InChI is InChI=1S/C16H16N4O3S/c1-10-18-14-9-11(7-8-15(14)20(10)2)24(22,23)19-13-6-4-3-5-12(13)16(17)21/h3-9,19H,1-2H3,(H2,17,21). The number of sulfonamides is 1. The van der Waals surface area contributed by atoms with Crippen molar-refractivity contribution in [1.29, 1.82) is 0 Å². The molecule has 2 aromatic carbocycles. The van der Waals surface area contributed by atoms with Crippen LogP contribution in [0.5, 0.6) is 0 Å². The fraction of sp³-hybridized carbons (Fsp3) is 0.125. The molecular formula is C16H16N4O3S. The smallest absolute Gasteiger partial charge is 0.261 e. The molecule has 0 fully saturated rings. The van der Waals surface area contributed by atoms with E-state index in [9.17, 15) is 13.2 Å². The van der Waals surface area contributed by atoms with Crippen molar-refractivity contribution in [3.8, 4) is 0 Å². The molecule has 0 radical (unpaired) electrons. The number of nitrogens with two attached hydrogens (primary N) is 1. The van der Waals surface area contributed by atoms with Crippen LogP contribution in [0.4, 0.5) is 5.69 Å². The van der Waals surface area contributed by atoms with Crippen LogP contribution in [0.2, 0.25) is 0 Å². The van der Waals surface area contributed by atoms with Crippen LogP contribution in [0.3, 0.4) is 0 Å². The molecule has 3 rings (SSSR count). The summed E-state index contributed by atoms with van der Waals surface area (Å²) in [7, 11) is -2.01. The molecule has 0 aliphatic heterocycles. The zero-order valence-corrected chi connectivity index (χ0v) is 14.0. The molecule has 124 valence electrons. The summed E-state index contributed by atoms with van der Waals surface area (Å²) < 4.78 is 29.5. The molecule has 1 amide bonds. The van der Waals surface area contributed by atoms with E-state index in [1.165, 1.54) is 24.3 Å². The lowest BCUT2D eigenvalue weighted by Crippen LogP contribution is -2.18. The van der Waals surface area contributed by atoms with Crippen molar-refractivity contribution in [1.82, 2.24) is 9.55 Å². The van der Waals surface area contributed by atoms with Crippen LogP contribution in [0.25, 0.3) is 11.0 Å². The number of aryl methyl sites for hydroxylation is 2. The average Bonchev–Trinajstić information content (AvgIpc) is 2.81. The molecule has 1 heterocycles. The van der Waals surface area contributed by atoms with Gasteiger partial charge in [-0.2, -0.15) is 0 Å². The highest BCUT2D eigenvalue weighted by Gasteiger charge is 2.19. The zero-order valence-electron chi connectivity index (χ0n) is 13.1. The SMILES string of the molecule is Cc1nc2cc(S(=O)(=O)Nc3ccccc3C(N)=O)ccc2n1C. The van der Waals surface area contributed by atoms with E-state index >= 15 is 0 Å². The third-order valence-corrected chi connectivity index (χ3v) is 5.19. The lowest BCUT2D eigenvalue weighted by atomic mass is 10.2. The van der Waals surface area contributed by atoms with Crippen LogP contribution in [0.1, 0.15) is 16.2 Å². The lowest BCUT2D eigenvalue weighted by Gasteiger charge is -2.11. The van der Waals surface area contributed by atoms with Crippen molar-refractivity contribution in [3.05, 3.63) is 53.9 Å². The van der Waals surface area contributed by atoms with Gasteiger partial charge in [-0.15, -0.1) is 0 Å². The highest BCUT2D eigenvalue weighted by atomic mass is 32.2. The van der Waals surface area contributed by atoms with E-state index in [2.05, 4.69) is 9.71 Å². The van der Waals surface area contributed by atoms with Gasteiger partial charge in [0.1, 0.15) is 5.82 Å². The Kier molecular flexibility index (Phi) is 3.76. The lowest BCUT2D eigenvalue weighted by molar-refractivity contribution is 0.100. The van der Waals surface area contributed by atoms with E-state index in [-0.39, 0.29) is 16.1 Å². The molecule has 0 unspecified atom stereocenters. The second-order valence-corrected chi connectivity index (χ2v) is 7.07. The van der Waals surface area contributed by atoms with Gasteiger partial charge in [0.15, 0.2) is 0 Å². The maximum atomic E-state index is 12.6. The third-order valence-electron chi connectivity index (χ3n) is 3.82. The molecule has 3 N–H and O–H groups in total. The van der Waals surface area contributed by atoms with Crippen molar-refractivity contribution >= 4 is 32.7 Å². The van der Waals surface area contributed by atoms with Gasteiger partial charge >= 0.3 is 0 Å². The number of nitrogens with one attached hydrogen (secondary N) is 1. The Bertz CT molecular complexity index is 1050. The number of carbonyl (C=O) groups is 1. The second kappa shape index (κ2) is 5.64. The van der Waals surface area contributed by atoms with E-state index in [1.807, 2.05) is 18.5 Å². The number of carbonyl (C=O) groups excluding carboxylic acids is 1. The van der Waals surface area contributed by atoms with Crippen molar-refractivity contribution in [2.24, 2.45) is 12.8 Å². The van der Waals surface area contributed by atoms with E-state index in [4.69, 9.17) is 5.73 Å². The van der Waals surface area contributed by atoms with Gasteiger partial charge in [-0.3, -0.25) is 9.52 Å². The van der Waals surface area contributed by atoms with Gasteiger partial charge in [-0.05, 0) is 37.3 Å². The van der Waals surface area contributed by atoms with Crippen LogP contribution in [-0.2, 0) is 17.1 Å². The van der Waals surface area contributed by atoms with Gasteiger partial charge in [0.25, 0.3) is 15.9 Å². The van der Waals surface area contributed by atoms with Crippen molar-refractivity contribution < 1.29 is 13.2 Å². The van der Waals surface area contributed by atoms with Crippen LogP contribution < -0.4 is 10.5 Å². The first kappa shape index (κ1) is 16.0. The minimum atomic E-state index is -3.87. The van der Waals surface area contributed by atoms with Gasteiger partial charge in [-0.25, -0.2) is 13.4 Å². The number of benzene rings is 2. The number of fused-ring (bicyclic) bond motifs is 1. The Morgan fingerprint density at radius 1 is 1.21 bits per heavy atom. The van der Waals surface area contributed by atoms with E-state index in [1.54, 1.807) is 18.2 Å². The summed E-state index contributed by atoms with van der Waals surface area (Å²) in [5.41, 5.74) is 6.95. The summed E-state index contributed by atoms with van der Waals surface area (Å²) in [5.74, 6) is 0.0793. The summed E-state index contributed by atoms with van der Waals surface area (Å²) in [5, 5.41) is 0. The number of anilines is 1. The van der Waals surface area contributed by atoms with Crippen LogP contribution in [-0.4, -0.2) is 23.9 Å². The first-order valence-corrected chi connectivity index (χ1v) is 8.62. The summed E-state index contributed by atoms with van der Waals surface area (Å²) >= 11 is 0. The fourth-order valence-electron chi connectivity index (χ4n) is 2.46.